The molecule has 1 heterocycles. The van der Waals surface area contributed by atoms with Crippen molar-refractivity contribution >= 4 is 0 Å². The van der Waals surface area contributed by atoms with Crippen molar-refractivity contribution in [1.82, 2.24) is 20.2 Å². The second-order valence-electron chi connectivity index (χ2n) is 4.66. The standard InChI is InChI=1S/C10H19N5/c1-15-9(12-13-14-15)7-10(8-11)5-3-2-4-6-10/h2-8,11H2,1H3. The summed E-state index contributed by atoms with van der Waals surface area (Å²) in [6, 6.07) is 0. The summed E-state index contributed by atoms with van der Waals surface area (Å²) in [5.74, 6) is 0.961. The molecular formula is C10H19N5. The van der Waals surface area contributed by atoms with E-state index in [1.807, 2.05) is 7.05 Å². The highest BCUT2D eigenvalue weighted by Gasteiger charge is 2.32. The van der Waals surface area contributed by atoms with Gasteiger partial charge < -0.3 is 5.73 Å². The second-order valence-corrected chi connectivity index (χ2v) is 4.66. The number of hydrogen-bond acceptors (Lipinski definition) is 4. The topological polar surface area (TPSA) is 69.6 Å². The van der Waals surface area contributed by atoms with Crippen molar-refractivity contribution in [2.24, 2.45) is 18.2 Å². The highest BCUT2D eigenvalue weighted by molar-refractivity contribution is 4.94. The summed E-state index contributed by atoms with van der Waals surface area (Å²) < 4.78 is 1.76. The van der Waals surface area contributed by atoms with Gasteiger partial charge in [-0.15, -0.1) is 5.10 Å². The molecule has 1 fully saturated rings. The summed E-state index contributed by atoms with van der Waals surface area (Å²) in [7, 11) is 1.89. The molecule has 0 spiro atoms. The molecule has 0 amide bonds. The molecule has 1 aliphatic rings. The van der Waals surface area contributed by atoms with Crippen molar-refractivity contribution in [3.05, 3.63) is 5.82 Å². The van der Waals surface area contributed by atoms with E-state index in [4.69, 9.17) is 5.73 Å². The molecule has 0 unspecified atom stereocenters. The van der Waals surface area contributed by atoms with Gasteiger partial charge in [0.05, 0.1) is 0 Å². The molecule has 0 atom stereocenters. The molecule has 84 valence electrons. The lowest BCUT2D eigenvalue weighted by Crippen LogP contribution is -2.35. The Morgan fingerprint density at radius 1 is 1.33 bits per heavy atom. The molecule has 0 bridgehead atoms. The minimum atomic E-state index is 0.251. The zero-order chi connectivity index (χ0) is 10.7. The summed E-state index contributed by atoms with van der Waals surface area (Å²) in [4.78, 5) is 0. The van der Waals surface area contributed by atoms with Gasteiger partial charge in [0.15, 0.2) is 5.82 Å². The van der Waals surface area contributed by atoms with Crippen LogP contribution in [0.5, 0.6) is 0 Å². The van der Waals surface area contributed by atoms with E-state index in [0.29, 0.717) is 0 Å². The van der Waals surface area contributed by atoms with Crippen LogP contribution in [0.2, 0.25) is 0 Å². The monoisotopic (exact) mass is 209 g/mol. The molecule has 0 aliphatic heterocycles. The molecule has 1 saturated carbocycles. The lowest BCUT2D eigenvalue weighted by atomic mass is 9.72. The Labute approximate surface area is 90.0 Å². The zero-order valence-electron chi connectivity index (χ0n) is 9.32. The molecule has 1 aromatic rings. The number of nitrogens with zero attached hydrogens (tertiary/aromatic N) is 4. The minimum absolute atomic E-state index is 0.251. The summed E-state index contributed by atoms with van der Waals surface area (Å²) in [6.07, 6.45) is 7.30. The van der Waals surface area contributed by atoms with Crippen LogP contribution in [0.15, 0.2) is 0 Å². The number of hydrogen-bond donors (Lipinski definition) is 1. The summed E-state index contributed by atoms with van der Waals surface area (Å²) >= 11 is 0. The maximum absolute atomic E-state index is 5.93. The molecule has 5 nitrogen and oxygen atoms in total. The number of aryl methyl sites for hydroxylation is 1. The van der Waals surface area contributed by atoms with Crippen LogP contribution in [0.3, 0.4) is 0 Å². The average Bonchev–Trinajstić information content (AvgIpc) is 2.66. The largest absolute Gasteiger partial charge is 0.330 e. The van der Waals surface area contributed by atoms with Crippen molar-refractivity contribution in [3.8, 4) is 0 Å². The first kappa shape index (κ1) is 10.5. The molecule has 0 saturated heterocycles. The van der Waals surface area contributed by atoms with E-state index in [-0.39, 0.29) is 5.41 Å². The summed E-state index contributed by atoms with van der Waals surface area (Å²) in [5, 5.41) is 11.6. The number of aromatic nitrogens is 4. The van der Waals surface area contributed by atoms with E-state index < -0.39 is 0 Å². The first-order valence-electron chi connectivity index (χ1n) is 5.67. The Hall–Kier alpha value is -0.970. The van der Waals surface area contributed by atoms with Crippen molar-refractivity contribution in [1.29, 1.82) is 0 Å². The second kappa shape index (κ2) is 4.26. The molecule has 0 aromatic carbocycles. The molecule has 15 heavy (non-hydrogen) atoms. The Morgan fingerprint density at radius 2 is 2.07 bits per heavy atom. The number of tetrazole rings is 1. The fourth-order valence-corrected chi connectivity index (χ4v) is 2.49. The predicted octanol–water partition coefficient (Wildman–Crippen LogP) is 0.662. The van der Waals surface area contributed by atoms with Gasteiger partial charge in [-0.3, -0.25) is 0 Å². The third kappa shape index (κ3) is 2.17. The fraction of sp³-hybridized carbons (Fsp3) is 0.900. The molecule has 0 radical (unpaired) electrons. The smallest absolute Gasteiger partial charge is 0.151 e. The van der Waals surface area contributed by atoms with Crippen molar-refractivity contribution in [3.63, 3.8) is 0 Å². The fourth-order valence-electron chi connectivity index (χ4n) is 2.49. The summed E-state index contributed by atoms with van der Waals surface area (Å²) in [6.45, 7) is 0.750. The van der Waals surface area contributed by atoms with Crippen LogP contribution in [-0.4, -0.2) is 26.8 Å². The maximum Gasteiger partial charge on any atom is 0.151 e. The molecule has 1 aromatic heterocycles. The van der Waals surface area contributed by atoms with E-state index in [0.717, 1.165) is 18.8 Å². The van der Waals surface area contributed by atoms with E-state index >= 15 is 0 Å². The van der Waals surface area contributed by atoms with Crippen molar-refractivity contribution in [2.75, 3.05) is 6.54 Å². The lowest BCUT2D eigenvalue weighted by molar-refractivity contribution is 0.191. The van der Waals surface area contributed by atoms with Crippen molar-refractivity contribution in [2.45, 2.75) is 38.5 Å². The molecule has 5 heteroatoms. The minimum Gasteiger partial charge on any atom is -0.330 e. The highest BCUT2D eigenvalue weighted by atomic mass is 15.5. The van der Waals surface area contributed by atoms with E-state index in [2.05, 4.69) is 15.5 Å². The normalized spacial score (nSPS) is 20.4. The molecule has 1 aliphatic carbocycles. The van der Waals surface area contributed by atoms with Gasteiger partial charge in [-0.1, -0.05) is 19.3 Å². The lowest BCUT2D eigenvalue weighted by Gasteiger charge is -2.35. The Bertz CT molecular complexity index is 313. The van der Waals surface area contributed by atoms with Gasteiger partial charge in [0.2, 0.25) is 0 Å². The van der Waals surface area contributed by atoms with Gasteiger partial charge in [-0.2, -0.15) is 0 Å². The van der Waals surface area contributed by atoms with Crippen LogP contribution in [-0.2, 0) is 13.5 Å². The van der Waals surface area contributed by atoms with Gasteiger partial charge in [0.1, 0.15) is 0 Å². The first-order chi connectivity index (χ1) is 7.26. The van der Waals surface area contributed by atoms with Gasteiger partial charge in [-0.25, -0.2) is 4.68 Å². The number of rotatable bonds is 3. The van der Waals surface area contributed by atoms with E-state index in [1.165, 1.54) is 32.1 Å². The van der Waals surface area contributed by atoms with Crippen LogP contribution >= 0.6 is 0 Å². The first-order valence-corrected chi connectivity index (χ1v) is 5.67. The predicted molar refractivity (Wildman–Crippen MR) is 57.1 cm³/mol. The van der Waals surface area contributed by atoms with Gasteiger partial charge in [0, 0.05) is 13.5 Å². The average molecular weight is 209 g/mol. The third-order valence-corrected chi connectivity index (χ3v) is 3.59. The number of nitrogens with two attached hydrogens (primary N) is 1. The summed E-state index contributed by atoms with van der Waals surface area (Å²) in [5.41, 5.74) is 6.18. The third-order valence-electron chi connectivity index (χ3n) is 3.59. The quantitative estimate of drug-likeness (QED) is 0.794. The van der Waals surface area contributed by atoms with Gasteiger partial charge in [-0.05, 0) is 35.2 Å². The molecule has 2 rings (SSSR count). The van der Waals surface area contributed by atoms with Crippen LogP contribution in [0, 0.1) is 5.41 Å². The van der Waals surface area contributed by atoms with Crippen LogP contribution < -0.4 is 5.73 Å². The van der Waals surface area contributed by atoms with Crippen molar-refractivity contribution < 1.29 is 0 Å². The van der Waals surface area contributed by atoms with Gasteiger partial charge in [0.25, 0.3) is 0 Å². The molecular weight excluding hydrogens is 190 g/mol. The molecule has 2 N–H and O–H groups in total. The van der Waals surface area contributed by atoms with Crippen LogP contribution in [0.1, 0.15) is 37.9 Å². The Balaban J connectivity index is 2.10. The Morgan fingerprint density at radius 3 is 2.60 bits per heavy atom. The SMILES string of the molecule is Cn1nnnc1CC1(CN)CCCCC1. The van der Waals surface area contributed by atoms with Crippen LogP contribution in [0.25, 0.3) is 0 Å². The van der Waals surface area contributed by atoms with E-state index in [1.54, 1.807) is 4.68 Å². The Kier molecular flexibility index (Phi) is 3.00. The van der Waals surface area contributed by atoms with Crippen LogP contribution in [0.4, 0.5) is 0 Å². The highest BCUT2D eigenvalue weighted by Crippen LogP contribution is 2.37. The zero-order valence-corrected chi connectivity index (χ0v) is 9.32. The maximum atomic E-state index is 5.93. The van der Waals surface area contributed by atoms with E-state index in [9.17, 15) is 0 Å². The van der Waals surface area contributed by atoms with Gasteiger partial charge >= 0.3 is 0 Å².